The van der Waals surface area contributed by atoms with Crippen molar-refractivity contribution in [2.75, 3.05) is 6.54 Å². The number of hydrogen-bond acceptors (Lipinski definition) is 4. The van der Waals surface area contributed by atoms with E-state index in [0.29, 0.717) is 18.0 Å². The van der Waals surface area contributed by atoms with Crippen LogP contribution in [0.3, 0.4) is 0 Å². The lowest BCUT2D eigenvalue weighted by molar-refractivity contribution is -0.120. The molecule has 1 amide bonds. The van der Waals surface area contributed by atoms with Crippen molar-refractivity contribution in [3.8, 4) is 5.69 Å². The van der Waals surface area contributed by atoms with Gasteiger partial charge in [-0.15, -0.1) is 11.3 Å². The molecular formula is C21H25ClN4OS. The molecule has 148 valence electrons. The Hall–Kier alpha value is -2.18. The van der Waals surface area contributed by atoms with Crippen LogP contribution in [0.15, 0.2) is 29.6 Å². The van der Waals surface area contributed by atoms with Gasteiger partial charge < -0.3 is 5.32 Å². The van der Waals surface area contributed by atoms with Gasteiger partial charge in [-0.05, 0) is 64.3 Å². The van der Waals surface area contributed by atoms with E-state index in [4.69, 9.17) is 11.6 Å². The zero-order valence-corrected chi connectivity index (χ0v) is 18.0. The van der Waals surface area contributed by atoms with Crippen LogP contribution in [0.5, 0.6) is 0 Å². The molecule has 0 saturated heterocycles. The minimum absolute atomic E-state index is 0.0342. The van der Waals surface area contributed by atoms with E-state index in [1.54, 1.807) is 11.3 Å². The highest BCUT2D eigenvalue weighted by Crippen LogP contribution is 2.20. The Kier molecular flexibility index (Phi) is 6.86. The summed E-state index contributed by atoms with van der Waals surface area (Å²) >= 11 is 7.67. The molecule has 0 aliphatic heterocycles. The molecule has 0 unspecified atom stereocenters. The number of carbonyl (C=O) groups excluding carboxylic acids is 1. The lowest BCUT2D eigenvalue weighted by Gasteiger charge is -2.07. The Morgan fingerprint density at radius 1 is 1.18 bits per heavy atom. The zero-order valence-electron chi connectivity index (χ0n) is 16.5. The molecule has 5 nitrogen and oxygen atoms in total. The van der Waals surface area contributed by atoms with E-state index < -0.39 is 0 Å². The fraction of sp³-hybridized carbons (Fsp3) is 0.381. The Labute approximate surface area is 174 Å². The van der Waals surface area contributed by atoms with Crippen LogP contribution in [-0.2, 0) is 17.6 Å². The summed E-state index contributed by atoms with van der Waals surface area (Å²) in [6.07, 6.45) is 3.30. The summed E-state index contributed by atoms with van der Waals surface area (Å²) in [5.74, 6) is 0.0342. The van der Waals surface area contributed by atoms with Gasteiger partial charge in [-0.25, -0.2) is 9.67 Å². The SMILES string of the molecule is Cc1csc(CCCCNC(=O)Cc2c(C)nn(-c3ccc(Cl)cc3)c2C)n1. The average Bonchev–Trinajstić information content (AvgIpc) is 3.20. The summed E-state index contributed by atoms with van der Waals surface area (Å²) in [7, 11) is 0. The van der Waals surface area contributed by atoms with Gasteiger partial charge >= 0.3 is 0 Å². The number of unbranched alkanes of at least 4 members (excludes halogenated alkanes) is 1. The first-order valence-corrected chi connectivity index (χ1v) is 10.7. The second-order valence-electron chi connectivity index (χ2n) is 6.90. The fourth-order valence-corrected chi connectivity index (χ4v) is 4.08. The van der Waals surface area contributed by atoms with Crippen molar-refractivity contribution in [3.63, 3.8) is 0 Å². The summed E-state index contributed by atoms with van der Waals surface area (Å²) in [5.41, 5.74) is 4.86. The standard InChI is InChI=1S/C21H25ClN4OS/c1-14-13-28-21(24-14)6-4-5-11-23-20(27)12-19-15(2)25-26(16(19)3)18-9-7-17(22)8-10-18/h7-10,13H,4-6,11-12H2,1-3H3,(H,23,27). The topological polar surface area (TPSA) is 59.8 Å². The molecule has 0 spiro atoms. The highest BCUT2D eigenvalue weighted by Gasteiger charge is 2.15. The largest absolute Gasteiger partial charge is 0.356 e. The van der Waals surface area contributed by atoms with Crippen LogP contribution in [0.1, 0.15) is 40.5 Å². The lowest BCUT2D eigenvalue weighted by Crippen LogP contribution is -2.26. The summed E-state index contributed by atoms with van der Waals surface area (Å²) in [4.78, 5) is 16.8. The van der Waals surface area contributed by atoms with Crippen molar-refractivity contribution < 1.29 is 4.79 Å². The lowest BCUT2D eigenvalue weighted by atomic mass is 10.1. The van der Waals surface area contributed by atoms with Crippen molar-refractivity contribution in [3.05, 3.63) is 62.3 Å². The zero-order chi connectivity index (χ0) is 20.1. The maximum absolute atomic E-state index is 12.4. The predicted molar refractivity (Wildman–Crippen MR) is 115 cm³/mol. The number of thiazole rings is 1. The first-order valence-electron chi connectivity index (χ1n) is 9.43. The number of hydrogen-bond donors (Lipinski definition) is 1. The van der Waals surface area contributed by atoms with Crippen molar-refractivity contribution in [2.45, 2.75) is 46.5 Å². The first-order chi connectivity index (χ1) is 13.4. The number of nitrogens with one attached hydrogen (secondary N) is 1. The minimum Gasteiger partial charge on any atom is -0.356 e. The van der Waals surface area contributed by atoms with Gasteiger partial charge in [0, 0.05) is 33.9 Å². The van der Waals surface area contributed by atoms with E-state index in [9.17, 15) is 4.79 Å². The monoisotopic (exact) mass is 416 g/mol. The van der Waals surface area contributed by atoms with Crippen LogP contribution in [0, 0.1) is 20.8 Å². The molecule has 0 radical (unpaired) electrons. The van der Waals surface area contributed by atoms with E-state index in [-0.39, 0.29) is 5.91 Å². The van der Waals surface area contributed by atoms with Crippen molar-refractivity contribution in [2.24, 2.45) is 0 Å². The molecule has 0 bridgehead atoms. The molecule has 2 aromatic heterocycles. The first kappa shape index (κ1) is 20.6. The molecule has 0 aliphatic carbocycles. The molecule has 1 N–H and O–H groups in total. The number of aryl methyl sites for hydroxylation is 3. The van der Waals surface area contributed by atoms with E-state index in [0.717, 1.165) is 47.6 Å². The van der Waals surface area contributed by atoms with Crippen LogP contribution in [-0.4, -0.2) is 27.2 Å². The van der Waals surface area contributed by atoms with Gasteiger partial charge in [-0.2, -0.15) is 5.10 Å². The van der Waals surface area contributed by atoms with E-state index in [1.165, 1.54) is 5.01 Å². The number of aromatic nitrogens is 3. The van der Waals surface area contributed by atoms with Crippen LogP contribution >= 0.6 is 22.9 Å². The fourth-order valence-electron chi connectivity index (χ4n) is 3.13. The highest BCUT2D eigenvalue weighted by atomic mass is 35.5. The molecule has 0 atom stereocenters. The third-order valence-electron chi connectivity index (χ3n) is 4.66. The number of nitrogens with zero attached hydrogens (tertiary/aromatic N) is 3. The summed E-state index contributed by atoms with van der Waals surface area (Å²) < 4.78 is 1.87. The molecule has 0 saturated carbocycles. The van der Waals surface area contributed by atoms with Crippen molar-refractivity contribution in [1.29, 1.82) is 0 Å². The average molecular weight is 417 g/mol. The molecule has 7 heteroatoms. The Morgan fingerprint density at radius 2 is 1.93 bits per heavy atom. The number of benzene rings is 1. The third-order valence-corrected chi connectivity index (χ3v) is 5.93. The van der Waals surface area contributed by atoms with Crippen LogP contribution < -0.4 is 5.32 Å². The minimum atomic E-state index is 0.0342. The Morgan fingerprint density at radius 3 is 2.61 bits per heavy atom. The molecule has 28 heavy (non-hydrogen) atoms. The van der Waals surface area contributed by atoms with Gasteiger partial charge in [0.25, 0.3) is 0 Å². The summed E-state index contributed by atoms with van der Waals surface area (Å²) in [6, 6.07) is 7.53. The Balaban J connectivity index is 1.50. The van der Waals surface area contributed by atoms with E-state index >= 15 is 0 Å². The summed E-state index contributed by atoms with van der Waals surface area (Å²) in [5, 5.41) is 11.6. The van der Waals surface area contributed by atoms with Gasteiger partial charge in [-0.1, -0.05) is 11.6 Å². The number of amides is 1. The van der Waals surface area contributed by atoms with Gasteiger partial charge in [0.15, 0.2) is 0 Å². The van der Waals surface area contributed by atoms with E-state index in [1.807, 2.05) is 49.7 Å². The highest BCUT2D eigenvalue weighted by molar-refractivity contribution is 7.09. The van der Waals surface area contributed by atoms with Gasteiger partial charge in [-0.3, -0.25) is 4.79 Å². The normalized spacial score (nSPS) is 11.0. The molecule has 0 aliphatic rings. The molecule has 0 fully saturated rings. The number of rotatable bonds is 8. The molecule has 1 aromatic carbocycles. The second-order valence-corrected chi connectivity index (χ2v) is 8.28. The van der Waals surface area contributed by atoms with Gasteiger partial charge in [0.1, 0.15) is 0 Å². The number of halogens is 1. The Bertz CT molecular complexity index is 946. The maximum Gasteiger partial charge on any atom is 0.224 e. The molecule has 2 heterocycles. The number of carbonyl (C=O) groups is 1. The molecule has 3 aromatic rings. The van der Waals surface area contributed by atoms with Crippen LogP contribution in [0.25, 0.3) is 5.69 Å². The van der Waals surface area contributed by atoms with Crippen molar-refractivity contribution >= 4 is 28.8 Å². The van der Waals surface area contributed by atoms with Crippen molar-refractivity contribution in [1.82, 2.24) is 20.1 Å². The third kappa shape index (κ3) is 5.20. The smallest absolute Gasteiger partial charge is 0.224 e. The van der Waals surface area contributed by atoms with Crippen LogP contribution in [0.4, 0.5) is 0 Å². The second kappa shape index (κ2) is 9.34. The van der Waals surface area contributed by atoms with Crippen LogP contribution in [0.2, 0.25) is 5.02 Å². The maximum atomic E-state index is 12.4. The van der Waals surface area contributed by atoms with Gasteiger partial charge in [0.2, 0.25) is 5.91 Å². The summed E-state index contributed by atoms with van der Waals surface area (Å²) in [6.45, 7) is 6.64. The molecule has 3 rings (SSSR count). The predicted octanol–water partition coefficient (Wildman–Crippen LogP) is 4.59. The van der Waals surface area contributed by atoms with E-state index in [2.05, 4.69) is 20.8 Å². The molecular weight excluding hydrogens is 392 g/mol. The quantitative estimate of drug-likeness (QED) is 0.546. The van der Waals surface area contributed by atoms with Gasteiger partial charge in [0.05, 0.1) is 22.8 Å².